The van der Waals surface area contributed by atoms with Crippen molar-refractivity contribution in [3.63, 3.8) is 0 Å². The van der Waals surface area contributed by atoms with Crippen LogP contribution in [0.1, 0.15) is 18.7 Å². The molecule has 30 heavy (non-hydrogen) atoms. The van der Waals surface area contributed by atoms with E-state index in [-0.39, 0.29) is 31.4 Å². The van der Waals surface area contributed by atoms with Gasteiger partial charge in [0.25, 0.3) is 0 Å². The monoisotopic (exact) mass is 407 g/mol. The summed E-state index contributed by atoms with van der Waals surface area (Å²) in [6.07, 6.45) is 3.64. The zero-order valence-electron chi connectivity index (χ0n) is 16.2. The number of nitrogens with two attached hydrogens (primary N) is 1. The molecular formula is C21H21N5O4. The Kier molecular flexibility index (Phi) is 5.69. The second-order valence-corrected chi connectivity index (χ2v) is 7.01. The Balaban J connectivity index is 1.37. The van der Waals surface area contributed by atoms with E-state index in [0.29, 0.717) is 23.9 Å². The van der Waals surface area contributed by atoms with Crippen LogP contribution in [0, 0.1) is 0 Å². The average Bonchev–Trinajstić information content (AvgIpc) is 3.41. The lowest BCUT2D eigenvalue weighted by Gasteiger charge is -2.21. The van der Waals surface area contributed by atoms with Crippen molar-refractivity contribution in [1.82, 2.24) is 20.0 Å². The van der Waals surface area contributed by atoms with E-state index in [0.717, 1.165) is 5.56 Å². The van der Waals surface area contributed by atoms with Crippen molar-refractivity contribution in [3.8, 4) is 17.1 Å². The molecular weight excluding hydrogens is 386 g/mol. The van der Waals surface area contributed by atoms with E-state index in [1.54, 1.807) is 24.5 Å². The van der Waals surface area contributed by atoms with Crippen molar-refractivity contribution >= 4 is 11.8 Å². The van der Waals surface area contributed by atoms with Crippen LogP contribution in [0.2, 0.25) is 0 Å². The minimum atomic E-state index is -0.707. The number of carbonyl (C=O) groups is 2. The molecule has 1 aliphatic heterocycles. The SMILES string of the molecule is NC(=O)[C@@H]1C[C@H](Oc2cccnc2)CN1C(=O)CCc1nc(-c2ccccc2)no1. The van der Waals surface area contributed by atoms with Crippen molar-refractivity contribution in [1.29, 1.82) is 0 Å². The highest BCUT2D eigenvalue weighted by Crippen LogP contribution is 2.24. The first-order valence-electron chi connectivity index (χ1n) is 9.63. The third-order valence-corrected chi connectivity index (χ3v) is 4.90. The van der Waals surface area contributed by atoms with Crippen LogP contribution in [0.15, 0.2) is 59.4 Å². The molecule has 0 aliphatic carbocycles. The van der Waals surface area contributed by atoms with Crippen molar-refractivity contribution in [2.24, 2.45) is 5.73 Å². The minimum Gasteiger partial charge on any atom is -0.487 e. The normalized spacial score (nSPS) is 18.3. The Morgan fingerprint density at radius 1 is 1.20 bits per heavy atom. The summed E-state index contributed by atoms with van der Waals surface area (Å²) in [6.45, 7) is 0.278. The Bertz CT molecular complexity index is 1010. The lowest BCUT2D eigenvalue weighted by Crippen LogP contribution is -2.43. The second kappa shape index (κ2) is 8.73. The molecule has 0 bridgehead atoms. The first-order valence-corrected chi connectivity index (χ1v) is 9.63. The molecule has 3 aromatic rings. The molecule has 0 unspecified atom stereocenters. The van der Waals surface area contributed by atoms with Crippen LogP contribution in [-0.4, -0.2) is 50.5 Å². The number of amides is 2. The van der Waals surface area contributed by atoms with Gasteiger partial charge in [0.05, 0.1) is 12.7 Å². The fourth-order valence-corrected chi connectivity index (χ4v) is 3.46. The van der Waals surface area contributed by atoms with E-state index in [1.165, 1.54) is 4.90 Å². The molecule has 9 heteroatoms. The molecule has 2 aromatic heterocycles. The maximum Gasteiger partial charge on any atom is 0.240 e. The first kappa shape index (κ1) is 19.6. The summed E-state index contributed by atoms with van der Waals surface area (Å²) in [5.41, 5.74) is 6.35. The standard InChI is InChI=1S/C21H21N5O4/c22-20(28)17-11-16(29-15-7-4-10-23-12-15)13-26(17)19(27)9-8-18-24-21(25-30-18)14-5-2-1-3-6-14/h1-7,10,12,16-17H,8-9,11,13H2,(H2,22,28)/t16-,17-/m0/s1. The molecule has 2 atom stereocenters. The zero-order chi connectivity index (χ0) is 20.9. The number of hydrogen-bond donors (Lipinski definition) is 1. The van der Waals surface area contributed by atoms with Gasteiger partial charge in [-0.3, -0.25) is 14.6 Å². The highest BCUT2D eigenvalue weighted by Gasteiger charge is 2.39. The Morgan fingerprint density at radius 2 is 2.03 bits per heavy atom. The van der Waals surface area contributed by atoms with Crippen LogP contribution in [0.5, 0.6) is 5.75 Å². The van der Waals surface area contributed by atoms with Crippen molar-refractivity contribution in [3.05, 3.63) is 60.7 Å². The van der Waals surface area contributed by atoms with Gasteiger partial charge in [0.15, 0.2) is 0 Å². The predicted molar refractivity (Wildman–Crippen MR) is 106 cm³/mol. The molecule has 2 N–H and O–H groups in total. The Labute approximate surface area is 172 Å². The quantitative estimate of drug-likeness (QED) is 0.631. The number of ether oxygens (including phenoxy) is 1. The molecule has 0 spiro atoms. The lowest BCUT2D eigenvalue weighted by atomic mass is 10.2. The Morgan fingerprint density at radius 3 is 2.77 bits per heavy atom. The maximum absolute atomic E-state index is 12.8. The van der Waals surface area contributed by atoms with Gasteiger partial charge in [-0.25, -0.2) is 0 Å². The molecule has 9 nitrogen and oxygen atoms in total. The Hall–Kier alpha value is -3.75. The summed E-state index contributed by atoms with van der Waals surface area (Å²) in [5.74, 6) is 0.652. The van der Waals surface area contributed by atoms with E-state index in [1.807, 2.05) is 30.3 Å². The predicted octanol–water partition coefficient (Wildman–Crippen LogP) is 1.60. The average molecular weight is 407 g/mol. The van der Waals surface area contributed by atoms with Gasteiger partial charge in [-0.1, -0.05) is 35.5 Å². The van der Waals surface area contributed by atoms with Gasteiger partial charge < -0.3 is 19.9 Å². The number of rotatable bonds is 7. The highest BCUT2D eigenvalue weighted by atomic mass is 16.5. The smallest absolute Gasteiger partial charge is 0.240 e. The van der Waals surface area contributed by atoms with Gasteiger partial charge in [-0.2, -0.15) is 4.98 Å². The fourth-order valence-electron chi connectivity index (χ4n) is 3.46. The second-order valence-electron chi connectivity index (χ2n) is 7.01. The first-order chi connectivity index (χ1) is 14.6. The third-order valence-electron chi connectivity index (χ3n) is 4.90. The molecule has 2 amide bonds. The van der Waals surface area contributed by atoms with E-state index in [4.69, 9.17) is 15.0 Å². The molecule has 0 saturated carbocycles. The fraction of sp³-hybridized carbons (Fsp3) is 0.286. The molecule has 4 rings (SSSR count). The zero-order valence-corrected chi connectivity index (χ0v) is 16.2. The van der Waals surface area contributed by atoms with Crippen LogP contribution in [0.3, 0.4) is 0 Å². The summed E-state index contributed by atoms with van der Waals surface area (Å²) >= 11 is 0. The number of pyridine rings is 1. The largest absolute Gasteiger partial charge is 0.487 e. The molecule has 154 valence electrons. The molecule has 0 radical (unpaired) electrons. The van der Waals surface area contributed by atoms with Crippen LogP contribution in [-0.2, 0) is 16.0 Å². The topological polar surface area (TPSA) is 124 Å². The molecule has 1 saturated heterocycles. The number of aromatic nitrogens is 3. The highest BCUT2D eigenvalue weighted by molar-refractivity contribution is 5.87. The number of primary amides is 1. The van der Waals surface area contributed by atoms with Gasteiger partial charge in [0, 0.05) is 31.0 Å². The number of carbonyl (C=O) groups excluding carboxylic acids is 2. The van der Waals surface area contributed by atoms with Crippen molar-refractivity contribution in [2.45, 2.75) is 31.4 Å². The van der Waals surface area contributed by atoms with Gasteiger partial charge in [-0.15, -0.1) is 0 Å². The number of likely N-dealkylation sites (tertiary alicyclic amines) is 1. The molecule has 1 fully saturated rings. The molecule has 3 heterocycles. The van der Waals surface area contributed by atoms with Gasteiger partial charge in [0.2, 0.25) is 23.5 Å². The number of hydrogen-bond acceptors (Lipinski definition) is 7. The summed E-state index contributed by atoms with van der Waals surface area (Å²) in [4.78, 5) is 34.4. The van der Waals surface area contributed by atoms with Crippen LogP contribution in [0.25, 0.3) is 11.4 Å². The van der Waals surface area contributed by atoms with Crippen molar-refractivity contribution < 1.29 is 18.8 Å². The van der Waals surface area contributed by atoms with Crippen molar-refractivity contribution in [2.75, 3.05) is 6.54 Å². The van der Waals surface area contributed by atoms with Crippen LogP contribution >= 0.6 is 0 Å². The summed E-state index contributed by atoms with van der Waals surface area (Å²) in [6, 6.07) is 12.3. The third kappa shape index (κ3) is 4.45. The van der Waals surface area contributed by atoms with Crippen LogP contribution in [0.4, 0.5) is 0 Å². The number of benzene rings is 1. The summed E-state index contributed by atoms with van der Waals surface area (Å²) in [5, 5.41) is 3.95. The number of nitrogens with zero attached hydrogens (tertiary/aromatic N) is 4. The van der Waals surface area contributed by atoms with Gasteiger partial charge >= 0.3 is 0 Å². The van der Waals surface area contributed by atoms with E-state index in [9.17, 15) is 9.59 Å². The summed E-state index contributed by atoms with van der Waals surface area (Å²) < 4.78 is 11.1. The maximum atomic E-state index is 12.8. The van der Waals surface area contributed by atoms with Gasteiger partial charge in [0.1, 0.15) is 17.9 Å². The van der Waals surface area contributed by atoms with Crippen LogP contribution < -0.4 is 10.5 Å². The molecule has 1 aromatic carbocycles. The minimum absolute atomic E-state index is 0.125. The summed E-state index contributed by atoms with van der Waals surface area (Å²) in [7, 11) is 0. The molecule has 1 aliphatic rings. The van der Waals surface area contributed by atoms with E-state index in [2.05, 4.69) is 15.1 Å². The van der Waals surface area contributed by atoms with Gasteiger partial charge in [-0.05, 0) is 12.1 Å². The number of aryl methyl sites for hydroxylation is 1. The van der Waals surface area contributed by atoms with E-state index >= 15 is 0 Å². The van der Waals surface area contributed by atoms with E-state index < -0.39 is 11.9 Å². The lowest BCUT2D eigenvalue weighted by molar-refractivity contribution is -0.137.